The van der Waals surface area contributed by atoms with Gasteiger partial charge in [0.15, 0.2) is 21.3 Å². The van der Waals surface area contributed by atoms with E-state index in [0.717, 1.165) is 5.41 Å². The number of ether oxygens (including phenoxy) is 3. The van der Waals surface area contributed by atoms with Gasteiger partial charge < -0.3 is 19.1 Å². The Hall–Kier alpha value is -2.71. The Kier molecular flexibility index (Phi) is 7.69. The fraction of sp³-hybridized carbons (Fsp3) is 0.348. The number of amides is 1. The van der Waals surface area contributed by atoms with Gasteiger partial charge in [-0.25, -0.2) is 8.42 Å². The molecule has 32 heavy (non-hydrogen) atoms. The molecule has 0 unspecified atom stereocenters. The lowest BCUT2D eigenvalue weighted by molar-refractivity contribution is 0.0982. The number of sulfone groups is 1. The van der Waals surface area contributed by atoms with Gasteiger partial charge >= 0.3 is 0 Å². The van der Waals surface area contributed by atoms with Crippen molar-refractivity contribution in [3.63, 3.8) is 0 Å². The Balaban J connectivity index is 2.12. The summed E-state index contributed by atoms with van der Waals surface area (Å²) in [5, 5.41) is 1.57. The summed E-state index contributed by atoms with van der Waals surface area (Å²) in [7, 11) is -3.40. The van der Waals surface area contributed by atoms with E-state index in [0.29, 0.717) is 47.8 Å². The summed E-state index contributed by atoms with van der Waals surface area (Å²) >= 11 is 6.16. The van der Waals surface area contributed by atoms with Gasteiger partial charge in [0.2, 0.25) is 5.75 Å². The van der Waals surface area contributed by atoms with Crippen molar-refractivity contribution in [2.24, 2.45) is 0 Å². The number of hydrogen-bond acceptors (Lipinski definition) is 6. The van der Waals surface area contributed by atoms with Crippen LogP contribution >= 0.6 is 11.6 Å². The molecule has 0 spiro atoms. The molecule has 0 bridgehead atoms. The van der Waals surface area contributed by atoms with E-state index >= 15 is 0 Å². The summed E-state index contributed by atoms with van der Waals surface area (Å²) in [4.78, 5) is 15.2. The van der Waals surface area contributed by atoms with Crippen LogP contribution in [-0.4, -0.2) is 45.9 Å². The van der Waals surface area contributed by atoms with E-state index in [4.69, 9.17) is 25.8 Å². The zero-order valence-corrected chi connectivity index (χ0v) is 19.8. The molecule has 0 aliphatic carbocycles. The van der Waals surface area contributed by atoms with Gasteiger partial charge in [-0.3, -0.25) is 4.79 Å². The van der Waals surface area contributed by atoms with Gasteiger partial charge in [0.25, 0.3) is 5.91 Å². The summed E-state index contributed by atoms with van der Waals surface area (Å²) in [6.07, 6.45) is 1.51. The average Bonchev–Trinajstić information content (AvgIpc) is 3.10. The third kappa shape index (κ3) is 5.37. The van der Waals surface area contributed by atoms with Crippen molar-refractivity contribution in [2.45, 2.75) is 26.8 Å². The third-order valence-corrected chi connectivity index (χ3v) is 6.32. The number of anilines is 1. The van der Waals surface area contributed by atoms with Gasteiger partial charge in [-0.1, -0.05) is 17.7 Å². The Morgan fingerprint density at radius 3 is 2.16 bits per heavy atom. The zero-order chi connectivity index (χ0) is 23.3. The highest BCUT2D eigenvalue weighted by atomic mass is 35.5. The van der Waals surface area contributed by atoms with Crippen molar-refractivity contribution < 1.29 is 27.4 Å². The molecule has 1 heterocycles. The fourth-order valence-corrected chi connectivity index (χ4v) is 4.91. The molecule has 0 N–H and O–H groups in total. The van der Waals surface area contributed by atoms with Crippen LogP contribution in [0.1, 0.15) is 31.1 Å². The fourth-order valence-electron chi connectivity index (χ4n) is 3.46. The van der Waals surface area contributed by atoms with E-state index in [1.807, 2.05) is 20.8 Å². The molecule has 0 radical (unpaired) electrons. The minimum absolute atomic E-state index is 0.209. The van der Waals surface area contributed by atoms with E-state index in [1.165, 1.54) is 11.0 Å². The molecule has 2 aromatic rings. The third-order valence-electron chi connectivity index (χ3n) is 4.70. The number of rotatable bonds is 9. The van der Waals surface area contributed by atoms with Gasteiger partial charge in [0.1, 0.15) is 0 Å². The number of carbonyl (C=O) groups is 1. The van der Waals surface area contributed by atoms with Crippen LogP contribution in [0.25, 0.3) is 0 Å². The molecule has 0 saturated heterocycles. The van der Waals surface area contributed by atoms with Crippen LogP contribution in [0, 0.1) is 0 Å². The molecular formula is C23H26ClNO6S. The molecule has 3 rings (SSSR count). The molecule has 1 amide bonds. The molecule has 0 aromatic heterocycles. The van der Waals surface area contributed by atoms with E-state index in [-0.39, 0.29) is 11.3 Å². The number of halogens is 1. The lowest BCUT2D eigenvalue weighted by atomic mass is 10.1. The summed E-state index contributed by atoms with van der Waals surface area (Å²) in [5.74, 6) is 0.557. The van der Waals surface area contributed by atoms with Gasteiger partial charge in [0, 0.05) is 21.7 Å². The maximum atomic E-state index is 13.7. The number of benzene rings is 2. The van der Waals surface area contributed by atoms with E-state index in [1.54, 1.807) is 36.4 Å². The largest absolute Gasteiger partial charge is 0.490 e. The Labute approximate surface area is 193 Å². The molecule has 172 valence electrons. The number of carbonyl (C=O) groups excluding carboxylic acids is 1. The molecule has 0 saturated carbocycles. The van der Waals surface area contributed by atoms with E-state index in [9.17, 15) is 13.2 Å². The summed E-state index contributed by atoms with van der Waals surface area (Å²) < 4.78 is 41.3. The van der Waals surface area contributed by atoms with Crippen molar-refractivity contribution in [2.75, 3.05) is 30.5 Å². The van der Waals surface area contributed by atoms with E-state index in [2.05, 4.69) is 0 Å². The molecular weight excluding hydrogens is 454 g/mol. The molecule has 0 fully saturated rings. The second kappa shape index (κ2) is 10.3. The summed E-state index contributed by atoms with van der Waals surface area (Å²) in [6, 6.07) is 9.23. The van der Waals surface area contributed by atoms with Crippen molar-refractivity contribution in [3.05, 3.63) is 58.5 Å². The van der Waals surface area contributed by atoms with Crippen LogP contribution < -0.4 is 19.1 Å². The summed E-state index contributed by atoms with van der Waals surface area (Å²) in [5.41, 5.74) is 0.761. The zero-order valence-electron chi connectivity index (χ0n) is 18.2. The van der Waals surface area contributed by atoms with Crippen LogP contribution in [0.3, 0.4) is 0 Å². The van der Waals surface area contributed by atoms with Gasteiger partial charge in [-0.05, 0) is 57.2 Å². The smallest absolute Gasteiger partial charge is 0.259 e. The highest BCUT2D eigenvalue weighted by Gasteiger charge is 2.33. The second-order valence-electron chi connectivity index (χ2n) is 6.98. The predicted octanol–water partition coefficient (Wildman–Crippen LogP) is 4.49. The standard InChI is InChI=1S/C23H26ClNO6S/c1-4-29-20-12-16(13-21(30-5-2)22(20)31-6-3)23(26)25(18-9-7-8-17(24)14-18)19-10-11-32(27,28)15-19/h7-14,19H,4-6,15H2,1-3H3/t19-/m1/s1. The first-order chi connectivity index (χ1) is 15.3. The molecule has 1 aliphatic rings. The lowest BCUT2D eigenvalue weighted by Gasteiger charge is -2.28. The quantitative estimate of drug-likeness (QED) is 0.527. The normalized spacial score (nSPS) is 16.6. The lowest BCUT2D eigenvalue weighted by Crippen LogP contribution is -2.41. The van der Waals surface area contributed by atoms with Gasteiger partial charge in [-0.2, -0.15) is 0 Å². The van der Waals surface area contributed by atoms with E-state index < -0.39 is 21.8 Å². The highest BCUT2D eigenvalue weighted by Crippen LogP contribution is 2.40. The van der Waals surface area contributed by atoms with Crippen LogP contribution in [0.5, 0.6) is 17.2 Å². The molecule has 1 aliphatic heterocycles. The van der Waals surface area contributed by atoms with Crippen LogP contribution in [-0.2, 0) is 9.84 Å². The van der Waals surface area contributed by atoms with Crippen molar-refractivity contribution in [3.8, 4) is 17.2 Å². The SMILES string of the molecule is CCOc1cc(C(=O)N(c2cccc(Cl)c2)[C@@H]2C=CS(=O)(=O)C2)cc(OCC)c1OCC. The molecule has 2 aromatic carbocycles. The van der Waals surface area contributed by atoms with Gasteiger partial charge in [0.05, 0.1) is 31.6 Å². The van der Waals surface area contributed by atoms with Crippen LogP contribution in [0.15, 0.2) is 47.9 Å². The minimum atomic E-state index is -3.40. The predicted molar refractivity (Wildman–Crippen MR) is 125 cm³/mol. The monoisotopic (exact) mass is 479 g/mol. The maximum Gasteiger partial charge on any atom is 0.259 e. The topological polar surface area (TPSA) is 82.1 Å². The van der Waals surface area contributed by atoms with Crippen molar-refractivity contribution >= 4 is 33.0 Å². The average molecular weight is 480 g/mol. The maximum absolute atomic E-state index is 13.7. The molecule has 9 heteroatoms. The number of nitrogens with zero attached hydrogens (tertiary/aromatic N) is 1. The van der Waals surface area contributed by atoms with Gasteiger partial charge in [-0.15, -0.1) is 0 Å². The Morgan fingerprint density at radius 2 is 1.66 bits per heavy atom. The molecule has 1 atom stereocenters. The van der Waals surface area contributed by atoms with Crippen molar-refractivity contribution in [1.82, 2.24) is 0 Å². The highest BCUT2D eigenvalue weighted by molar-refractivity contribution is 7.94. The summed E-state index contributed by atoms with van der Waals surface area (Å²) in [6.45, 7) is 6.63. The van der Waals surface area contributed by atoms with Crippen LogP contribution in [0.2, 0.25) is 5.02 Å². The second-order valence-corrected chi connectivity index (χ2v) is 9.35. The Morgan fingerprint density at radius 1 is 1.03 bits per heavy atom. The van der Waals surface area contributed by atoms with Crippen molar-refractivity contribution in [1.29, 1.82) is 0 Å². The molecule has 7 nitrogen and oxygen atoms in total. The first kappa shape index (κ1) is 23.9. The Bertz CT molecular complexity index is 1090. The first-order valence-corrected chi connectivity index (χ1v) is 12.5. The first-order valence-electron chi connectivity index (χ1n) is 10.4. The number of hydrogen-bond donors (Lipinski definition) is 0. The minimum Gasteiger partial charge on any atom is -0.490 e. The van der Waals surface area contributed by atoms with Crippen LogP contribution in [0.4, 0.5) is 5.69 Å².